The number of alkyl halides is 3. The number of benzene rings is 1. The minimum Gasteiger partial charge on any atom is -0.454 e. The predicted molar refractivity (Wildman–Crippen MR) is 82.5 cm³/mol. The largest absolute Gasteiger partial charge is 0.471 e. The zero-order valence-electron chi connectivity index (χ0n) is 13.3. The SMILES string of the molecule is Nc1nc(N)nc(COC(=O)c2ccc(-c3noc(C(F)(F)F)n3)cc2)n1. The second-order valence-electron chi connectivity index (χ2n) is 5.04. The fourth-order valence-electron chi connectivity index (χ4n) is 1.95. The molecule has 2 aromatic heterocycles. The second-order valence-corrected chi connectivity index (χ2v) is 5.04. The number of rotatable bonds is 4. The summed E-state index contributed by atoms with van der Waals surface area (Å²) in [6.07, 6.45) is -4.74. The van der Waals surface area contributed by atoms with E-state index in [2.05, 4.69) is 29.6 Å². The molecule has 1 aromatic carbocycles. The summed E-state index contributed by atoms with van der Waals surface area (Å²) >= 11 is 0. The van der Waals surface area contributed by atoms with Gasteiger partial charge in [0.25, 0.3) is 0 Å². The number of carbonyl (C=O) groups is 1. The number of hydrogen-bond acceptors (Lipinski definition) is 10. The lowest BCUT2D eigenvalue weighted by molar-refractivity contribution is -0.159. The van der Waals surface area contributed by atoms with Crippen molar-refractivity contribution in [1.82, 2.24) is 25.1 Å². The van der Waals surface area contributed by atoms with Crippen LogP contribution in [-0.2, 0) is 17.5 Å². The number of nitrogens with zero attached hydrogens (tertiary/aromatic N) is 5. The molecule has 0 amide bonds. The monoisotopic (exact) mass is 381 g/mol. The number of esters is 1. The van der Waals surface area contributed by atoms with Crippen LogP contribution >= 0.6 is 0 Å². The van der Waals surface area contributed by atoms with Gasteiger partial charge in [0, 0.05) is 5.56 Å². The van der Waals surface area contributed by atoms with Crippen LogP contribution in [0.5, 0.6) is 0 Å². The van der Waals surface area contributed by atoms with Crippen LogP contribution in [0.2, 0.25) is 0 Å². The molecule has 0 saturated heterocycles. The van der Waals surface area contributed by atoms with Gasteiger partial charge in [-0.05, 0) is 12.1 Å². The highest BCUT2D eigenvalue weighted by molar-refractivity contribution is 5.89. The Labute approximate surface area is 148 Å². The maximum Gasteiger partial charge on any atom is 0.471 e. The van der Waals surface area contributed by atoms with Gasteiger partial charge in [0.05, 0.1) is 5.56 Å². The summed E-state index contributed by atoms with van der Waals surface area (Å²) < 4.78 is 46.6. The van der Waals surface area contributed by atoms with E-state index in [4.69, 9.17) is 16.2 Å². The van der Waals surface area contributed by atoms with Gasteiger partial charge in [-0.15, -0.1) is 0 Å². The lowest BCUT2D eigenvalue weighted by Crippen LogP contribution is -2.11. The Balaban J connectivity index is 1.67. The first-order valence-electron chi connectivity index (χ1n) is 7.17. The minimum atomic E-state index is -4.74. The van der Waals surface area contributed by atoms with Crippen LogP contribution in [-0.4, -0.2) is 31.1 Å². The molecular weight excluding hydrogens is 371 g/mol. The van der Waals surface area contributed by atoms with E-state index in [1.54, 1.807) is 0 Å². The molecule has 0 aliphatic rings. The fraction of sp³-hybridized carbons (Fsp3) is 0.143. The van der Waals surface area contributed by atoms with Crippen molar-refractivity contribution in [3.05, 3.63) is 41.5 Å². The summed E-state index contributed by atoms with van der Waals surface area (Å²) in [6, 6.07) is 5.36. The van der Waals surface area contributed by atoms with Crippen molar-refractivity contribution in [3.63, 3.8) is 0 Å². The van der Waals surface area contributed by atoms with E-state index in [1.807, 2.05) is 0 Å². The van der Waals surface area contributed by atoms with Crippen LogP contribution in [0, 0.1) is 0 Å². The number of ether oxygens (including phenoxy) is 1. The molecule has 0 saturated carbocycles. The quantitative estimate of drug-likeness (QED) is 0.634. The van der Waals surface area contributed by atoms with E-state index in [9.17, 15) is 18.0 Å². The van der Waals surface area contributed by atoms with Gasteiger partial charge in [-0.3, -0.25) is 0 Å². The molecule has 0 unspecified atom stereocenters. The van der Waals surface area contributed by atoms with E-state index >= 15 is 0 Å². The molecule has 3 aromatic rings. The summed E-state index contributed by atoms with van der Waals surface area (Å²) in [7, 11) is 0. The molecule has 140 valence electrons. The lowest BCUT2D eigenvalue weighted by Gasteiger charge is -2.05. The smallest absolute Gasteiger partial charge is 0.454 e. The third-order valence-corrected chi connectivity index (χ3v) is 3.10. The molecule has 0 radical (unpaired) electrons. The normalized spacial score (nSPS) is 11.4. The Kier molecular flexibility index (Phi) is 4.58. The zero-order valence-corrected chi connectivity index (χ0v) is 13.3. The maximum atomic E-state index is 12.5. The summed E-state index contributed by atoms with van der Waals surface area (Å²) in [5.74, 6) is -2.61. The molecule has 27 heavy (non-hydrogen) atoms. The van der Waals surface area contributed by atoms with Crippen molar-refractivity contribution in [1.29, 1.82) is 0 Å². The Morgan fingerprint density at radius 3 is 2.22 bits per heavy atom. The minimum absolute atomic E-state index is 0.0662. The Morgan fingerprint density at radius 1 is 1.04 bits per heavy atom. The first kappa shape index (κ1) is 18.0. The molecule has 0 spiro atoms. The lowest BCUT2D eigenvalue weighted by atomic mass is 10.1. The average Bonchev–Trinajstić information content (AvgIpc) is 3.09. The highest BCUT2D eigenvalue weighted by Crippen LogP contribution is 2.29. The number of nitrogen functional groups attached to an aromatic ring is 2. The van der Waals surface area contributed by atoms with Gasteiger partial charge in [0.1, 0.15) is 0 Å². The zero-order chi connectivity index (χ0) is 19.6. The number of carbonyl (C=O) groups excluding carboxylic acids is 1. The molecule has 0 fully saturated rings. The summed E-state index contributed by atoms with van der Waals surface area (Å²) in [6.45, 7) is -0.294. The standard InChI is InChI=1S/C14H10F3N7O3/c15-14(16,17)11-22-9(24-27-11)6-1-3-7(4-2-6)10(25)26-5-8-20-12(18)23-13(19)21-8/h1-4H,5H2,(H4,18,19,20,21,23). The van der Waals surface area contributed by atoms with Gasteiger partial charge in [-0.1, -0.05) is 17.3 Å². The Bertz CT molecular complexity index is 953. The number of anilines is 2. The molecule has 3 rings (SSSR count). The van der Waals surface area contributed by atoms with E-state index in [0.29, 0.717) is 0 Å². The molecule has 13 heteroatoms. The molecule has 10 nitrogen and oxygen atoms in total. The van der Waals surface area contributed by atoms with Crippen molar-refractivity contribution < 1.29 is 27.2 Å². The third kappa shape index (κ3) is 4.26. The number of nitrogens with two attached hydrogens (primary N) is 2. The Morgan fingerprint density at radius 2 is 1.67 bits per heavy atom. The van der Waals surface area contributed by atoms with Gasteiger partial charge in [0.15, 0.2) is 12.4 Å². The molecule has 0 aliphatic carbocycles. The predicted octanol–water partition coefficient (Wildman–Crippen LogP) is 1.46. The second kappa shape index (κ2) is 6.86. The van der Waals surface area contributed by atoms with Gasteiger partial charge in [0.2, 0.25) is 17.7 Å². The first-order valence-corrected chi connectivity index (χ1v) is 7.17. The number of hydrogen-bond donors (Lipinski definition) is 2. The van der Waals surface area contributed by atoms with Crippen molar-refractivity contribution in [2.75, 3.05) is 11.5 Å². The molecule has 4 N–H and O–H groups in total. The molecule has 2 heterocycles. The number of aromatic nitrogens is 5. The third-order valence-electron chi connectivity index (χ3n) is 3.10. The van der Waals surface area contributed by atoms with E-state index < -0.39 is 18.0 Å². The van der Waals surface area contributed by atoms with Crippen LogP contribution < -0.4 is 11.5 Å². The van der Waals surface area contributed by atoms with E-state index in [-0.39, 0.29) is 41.3 Å². The average molecular weight is 381 g/mol. The maximum absolute atomic E-state index is 12.5. The Hall–Kier alpha value is -3.77. The summed E-state index contributed by atoms with van der Waals surface area (Å²) in [4.78, 5) is 26.4. The van der Waals surface area contributed by atoms with E-state index in [1.165, 1.54) is 24.3 Å². The van der Waals surface area contributed by atoms with Gasteiger partial charge < -0.3 is 20.7 Å². The molecule has 0 atom stereocenters. The van der Waals surface area contributed by atoms with Crippen LogP contribution in [0.15, 0.2) is 28.8 Å². The van der Waals surface area contributed by atoms with Crippen LogP contribution in [0.4, 0.5) is 25.1 Å². The molecule has 0 bridgehead atoms. The van der Waals surface area contributed by atoms with Crippen LogP contribution in [0.1, 0.15) is 22.1 Å². The number of halogens is 3. The van der Waals surface area contributed by atoms with Crippen molar-refractivity contribution in [2.24, 2.45) is 0 Å². The first-order chi connectivity index (χ1) is 12.7. The molecule has 0 aliphatic heterocycles. The fourth-order valence-corrected chi connectivity index (χ4v) is 1.95. The summed E-state index contributed by atoms with van der Waals surface area (Å²) in [5, 5.41) is 3.25. The van der Waals surface area contributed by atoms with Crippen molar-refractivity contribution in [2.45, 2.75) is 12.8 Å². The van der Waals surface area contributed by atoms with Gasteiger partial charge in [-0.2, -0.15) is 33.1 Å². The van der Waals surface area contributed by atoms with Gasteiger partial charge in [-0.25, -0.2) is 4.79 Å². The summed E-state index contributed by atoms with van der Waals surface area (Å²) in [5.41, 5.74) is 11.2. The molecular formula is C14H10F3N7O3. The van der Waals surface area contributed by atoms with Crippen molar-refractivity contribution >= 4 is 17.9 Å². The topological polar surface area (TPSA) is 156 Å². The highest BCUT2D eigenvalue weighted by Gasteiger charge is 2.38. The van der Waals surface area contributed by atoms with Crippen LogP contribution in [0.25, 0.3) is 11.4 Å². The highest BCUT2D eigenvalue weighted by atomic mass is 19.4. The van der Waals surface area contributed by atoms with E-state index in [0.717, 1.165) is 0 Å². The van der Waals surface area contributed by atoms with Gasteiger partial charge >= 0.3 is 18.0 Å². The van der Waals surface area contributed by atoms with Crippen LogP contribution in [0.3, 0.4) is 0 Å². The van der Waals surface area contributed by atoms with Crippen molar-refractivity contribution in [3.8, 4) is 11.4 Å².